The SMILES string of the molecule is CCc1ccccc1NCc1cccc(C(=O)Nc2nnc(C)s2)c1. The molecule has 25 heavy (non-hydrogen) atoms. The van der Waals surface area contributed by atoms with Crippen molar-refractivity contribution in [3.05, 3.63) is 70.2 Å². The Labute approximate surface area is 151 Å². The van der Waals surface area contributed by atoms with Crippen molar-refractivity contribution < 1.29 is 4.79 Å². The van der Waals surface area contributed by atoms with Crippen LogP contribution < -0.4 is 10.6 Å². The molecule has 0 aliphatic carbocycles. The Morgan fingerprint density at radius 1 is 1.12 bits per heavy atom. The maximum absolute atomic E-state index is 12.4. The number of rotatable bonds is 6. The summed E-state index contributed by atoms with van der Waals surface area (Å²) in [7, 11) is 0. The molecule has 0 unspecified atom stereocenters. The lowest BCUT2D eigenvalue weighted by atomic mass is 10.1. The van der Waals surface area contributed by atoms with Crippen molar-refractivity contribution in [2.45, 2.75) is 26.8 Å². The first-order valence-corrected chi connectivity index (χ1v) is 8.99. The van der Waals surface area contributed by atoms with Crippen LogP contribution in [0.15, 0.2) is 48.5 Å². The summed E-state index contributed by atoms with van der Waals surface area (Å²) in [6, 6.07) is 15.9. The Balaban J connectivity index is 1.67. The van der Waals surface area contributed by atoms with E-state index in [9.17, 15) is 4.79 Å². The van der Waals surface area contributed by atoms with Crippen LogP contribution >= 0.6 is 11.3 Å². The summed E-state index contributed by atoms with van der Waals surface area (Å²) in [5, 5.41) is 15.4. The molecular formula is C19H20N4OS. The molecule has 0 saturated carbocycles. The van der Waals surface area contributed by atoms with Crippen molar-refractivity contribution in [1.82, 2.24) is 10.2 Å². The Kier molecular flexibility index (Phi) is 5.40. The van der Waals surface area contributed by atoms with Crippen molar-refractivity contribution in [3.63, 3.8) is 0 Å². The van der Waals surface area contributed by atoms with Crippen LogP contribution in [0.3, 0.4) is 0 Å². The average molecular weight is 352 g/mol. The first kappa shape index (κ1) is 17.1. The topological polar surface area (TPSA) is 66.9 Å². The normalized spacial score (nSPS) is 10.5. The zero-order valence-corrected chi connectivity index (χ0v) is 15.1. The largest absolute Gasteiger partial charge is 0.381 e. The lowest BCUT2D eigenvalue weighted by Gasteiger charge is -2.11. The van der Waals surface area contributed by atoms with Crippen LogP contribution in [-0.2, 0) is 13.0 Å². The Hall–Kier alpha value is -2.73. The van der Waals surface area contributed by atoms with Crippen LogP contribution in [-0.4, -0.2) is 16.1 Å². The van der Waals surface area contributed by atoms with E-state index in [4.69, 9.17) is 0 Å². The molecule has 0 aliphatic heterocycles. The number of hydrogen-bond acceptors (Lipinski definition) is 5. The number of aromatic nitrogens is 2. The van der Waals surface area contributed by atoms with E-state index in [1.165, 1.54) is 16.9 Å². The molecule has 3 rings (SSSR count). The van der Waals surface area contributed by atoms with Gasteiger partial charge in [0.05, 0.1) is 0 Å². The zero-order chi connectivity index (χ0) is 17.6. The second-order valence-electron chi connectivity index (χ2n) is 5.64. The van der Waals surface area contributed by atoms with Crippen LogP contribution in [0.4, 0.5) is 10.8 Å². The Morgan fingerprint density at radius 3 is 2.72 bits per heavy atom. The summed E-state index contributed by atoms with van der Waals surface area (Å²) in [5.41, 5.74) is 4.06. The summed E-state index contributed by atoms with van der Waals surface area (Å²) < 4.78 is 0. The summed E-state index contributed by atoms with van der Waals surface area (Å²) in [4.78, 5) is 12.4. The molecule has 1 heterocycles. The fourth-order valence-electron chi connectivity index (χ4n) is 2.54. The first-order valence-electron chi connectivity index (χ1n) is 8.18. The molecule has 1 amide bonds. The molecule has 0 bridgehead atoms. The van der Waals surface area contributed by atoms with Crippen LogP contribution in [0.1, 0.15) is 33.4 Å². The van der Waals surface area contributed by atoms with E-state index in [1.54, 1.807) is 6.07 Å². The molecule has 1 aromatic heterocycles. The van der Waals surface area contributed by atoms with Crippen LogP contribution in [0.2, 0.25) is 0 Å². The average Bonchev–Trinajstić information content (AvgIpc) is 3.05. The lowest BCUT2D eigenvalue weighted by Crippen LogP contribution is -2.12. The van der Waals surface area contributed by atoms with E-state index in [-0.39, 0.29) is 5.91 Å². The molecule has 128 valence electrons. The highest BCUT2D eigenvalue weighted by atomic mass is 32.1. The molecule has 2 N–H and O–H groups in total. The van der Waals surface area contributed by atoms with E-state index in [0.717, 1.165) is 22.7 Å². The predicted molar refractivity (Wildman–Crippen MR) is 102 cm³/mol. The fourth-order valence-corrected chi connectivity index (χ4v) is 3.12. The second kappa shape index (κ2) is 7.90. The van der Waals surface area contributed by atoms with E-state index in [1.807, 2.05) is 37.3 Å². The monoisotopic (exact) mass is 352 g/mol. The Bertz CT molecular complexity index is 875. The summed E-state index contributed by atoms with van der Waals surface area (Å²) in [6.45, 7) is 4.66. The third-order valence-electron chi connectivity index (χ3n) is 3.82. The van der Waals surface area contributed by atoms with Crippen LogP contribution in [0, 0.1) is 6.92 Å². The van der Waals surface area contributed by atoms with E-state index in [0.29, 0.717) is 17.2 Å². The van der Waals surface area contributed by atoms with Gasteiger partial charge in [-0.2, -0.15) is 0 Å². The molecule has 5 nitrogen and oxygen atoms in total. The van der Waals surface area contributed by atoms with Gasteiger partial charge in [-0.1, -0.05) is 48.6 Å². The number of amides is 1. The molecular weight excluding hydrogens is 332 g/mol. The van der Waals surface area contributed by atoms with Gasteiger partial charge < -0.3 is 5.32 Å². The minimum absolute atomic E-state index is 0.174. The number of carbonyl (C=O) groups is 1. The fraction of sp³-hybridized carbons (Fsp3) is 0.211. The summed E-state index contributed by atoms with van der Waals surface area (Å²) in [5.74, 6) is -0.174. The molecule has 0 atom stereocenters. The van der Waals surface area contributed by atoms with Crippen molar-refractivity contribution in [2.24, 2.45) is 0 Å². The van der Waals surface area contributed by atoms with Crippen molar-refractivity contribution >= 4 is 28.1 Å². The highest BCUT2D eigenvalue weighted by Crippen LogP contribution is 2.18. The van der Waals surface area contributed by atoms with Crippen LogP contribution in [0.25, 0.3) is 0 Å². The van der Waals surface area contributed by atoms with Gasteiger partial charge in [0, 0.05) is 17.8 Å². The van der Waals surface area contributed by atoms with E-state index >= 15 is 0 Å². The van der Waals surface area contributed by atoms with E-state index < -0.39 is 0 Å². The highest BCUT2D eigenvalue weighted by Gasteiger charge is 2.10. The third-order valence-corrected chi connectivity index (χ3v) is 4.57. The Morgan fingerprint density at radius 2 is 1.96 bits per heavy atom. The van der Waals surface area contributed by atoms with Gasteiger partial charge in [0.2, 0.25) is 5.13 Å². The lowest BCUT2D eigenvalue weighted by molar-refractivity contribution is 0.102. The predicted octanol–water partition coefficient (Wildman–Crippen LogP) is 4.27. The molecule has 6 heteroatoms. The number of aryl methyl sites for hydroxylation is 2. The number of hydrogen-bond donors (Lipinski definition) is 2. The quantitative estimate of drug-likeness (QED) is 0.695. The van der Waals surface area contributed by atoms with E-state index in [2.05, 4.69) is 39.9 Å². The molecule has 0 spiro atoms. The maximum atomic E-state index is 12.4. The number of carbonyl (C=O) groups excluding carboxylic acids is 1. The molecule has 0 aliphatic rings. The van der Waals surface area contributed by atoms with Gasteiger partial charge in [-0.25, -0.2) is 0 Å². The van der Waals surface area contributed by atoms with Gasteiger partial charge in [-0.15, -0.1) is 10.2 Å². The summed E-state index contributed by atoms with van der Waals surface area (Å²) >= 11 is 1.36. The number of nitrogens with one attached hydrogen (secondary N) is 2. The maximum Gasteiger partial charge on any atom is 0.257 e. The second-order valence-corrected chi connectivity index (χ2v) is 6.83. The number of anilines is 2. The van der Waals surface area contributed by atoms with Gasteiger partial charge in [-0.3, -0.25) is 10.1 Å². The smallest absolute Gasteiger partial charge is 0.257 e. The highest BCUT2D eigenvalue weighted by molar-refractivity contribution is 7.15. The molecule has 3 aromatic rings. The molecule has 0 saturated heterocycles. The van der Waals surface area contributed by atoms with Gasteiger partial charge in [0.25, 0.3) is 5.91 Å². The van der Waals surface area contributed by atoms with Crippen molar-refractivity contribution in [3.8, 4) is 0 Å². The third kappa shape index (κ3) is 4.42. The first-order chi connectivity index (χ1) is 12.2. The molecule has 0 radical (unpaired) electrons. The number of para-hydroxylation sites is 1. The summed E-state index contributed by atoms with van der Waals surface area (Å²) in [6.07, 6.45) is 0.979. The van der Waals surface area contributed by atoms with Crippen molar-refractivity contribution in [1.29, 1.82) is 0 Å². The standard InChI is InChI=1S/C19H20N4OS/c1-3-15-8-4-5-10-17(15)20-12-14-7-6-9-16(11-14)18(24)21-19-23-22-13(2)25-19/h4-11,20H,3,12H2,1-2H3,(H,21,23,24). The van der Waals surface area contributed by atoms with Gasteiger partial charge >= 0.3 is 0 Å². The zero-order valence-electron chi connectivity index (χ0n) is 14.2. The number of benzene rings is 2. The van der Waals surface area contributed by atoms with Crippen molar-refractivity contribution in [2.75, 3.05) is 10.6 Å². The molecule has 2 aromatic carbocycles. The minimum Gasteiger partial charge on any atom is -0.381 e. The van der Waals surface area contributed by atoms with Gasteiger partial charge in [-0.05, 0) is 42.7 Å². The van der Waals surface area contributed by atoms with Gasteiger partial charge in [0.1, 0.15) is 5.01 Å². The minimum atomic E-state index is -0.174. The van der Waals surface area contributed by atoms with Gasteiger partial charge in [0.15, 0.2) is 0 Å². The molecule has 0 fully saturated rings. The van der Waals surface area contributed by atoms with Crippen LogP contribution in [0.5, 0.6) is 0 Å². The number of nitrogens with zero attached hydrogens (tertiary/aromatic N) is 2.